The zero-order chi connectivity index (χ0) is 27.4. The lowest BCUT2D eigenvalue weighted by atomic mass is 9.90. The van der Waals surface area contributed by atoms with Gasteiger partial charge >= 0.3 is 0 Å². The second kappa shape index (κ2) is 11.9. The summed E-state index contributed by atoms with van der Waals surface area (Å²) in [6.07, 6.45) is 9.44. The number of piperidine rings is 1. The van der Waals surface area contributed by atoms with Crippen LogP contribution in [0.4, 0.5) is 0 Å². The van der Waals surface area contributed by atoms with Gasteiger partial charge in [0.1, 0.15) is 11.6 Å². The maximum absolute atomic E-state index is 13.4. The third kappa shape index (κ3) is 6.16. The summed E-state index contributed by atoms with van der Waals surface area (Å²) in [6.45, 7) is 7.31. The Morgan fingerprint density at radius 1 is 1.13 bits per heavy atom. The molecule has 1 saturated carbocycles. The molecule has 3 heterocycles. The molecule has 8 heteroatoms. The summed E-state index contributed by atoms with van der Waals surface area (Å²) in [5.74, 6) is 1.15. The summed E-state index contributed by atoms with van der Waals surface area (Å²) < 4.78 is 0. The van der Waals surface area contributed by atoms with Gasteiger partial charge in [-0.25, -0.2) is 4.98 Å². The van der Waals surface area contributed by atoms with Gasteiger partial charge in [-0.1, -0.05) is 44.9 Å². The Morgan fingerprint density at radius 3 is 2.69 bits per heavy atom. The van der Waals surface area contributed by atoms with Crippen LogP contribution in [0.1, 0.15) is 83.5 Å². The van der Waals surface area contributed by atoms with Crippen LogP contribution in [-0.2, 0) is 9.59 Å². The zero-order valence-electron chi connectivity index (χ0n) is 23.2. The molecule has 39 heavy (non-hydrogen) atoms. The van der Waals surface area contributed by atoms with E-state index in [0.717, 1.165) is 75.5 Å². The molecule has 2 atom stereocenters. The van der Waals surface area contributed by atoms with E-state index in [4.69, 9.17) is 0 Å². The number of aromatic amines is 2. The molecule has 1 aliphatic heterocycles. The van der Waals surface area contributed by atoms with E-state index in [-0.39, 0.29) is 28.8 Å². The number of para-hydroxylation sites is 1. The molecule has 3 aromatic rings. The molecule has 0 unspecified atom stereocenters. The number of likely N-dealkylation sites (tertiary alicyclic amines) is 1. The number of hydrogen-bond acceptors (Lipinski definition) is 5. The van der Waals surface area contributed by atoms with Crippen molar-refractivity contribution in [2.45, 2.75) is 77.7 Å². The van der Waals surface area contributed by atoms with Crippen molar-refractivity contribution in [1.29, 1.82) is 0 Å². The lowest BCUT2D eigenvalue weighted by Crippen LogP contribution is -2.37. The molecule has 1 saturated heterocycles. The normalized spacial score (nSPS) is 19.3. The van der Waals surface area contributed by atoms with Gasteiger partial charge in [0.2, 0.25) is 5.91 Å². The summed E-state index contributed by atoms with van der Waals surface area (Å²) in [4.78, 5) is 51.3. The van der Waals surface area contributed by atoms with E-state index < -0.39 is 0 Å². The first-order chi connectivity index (χ1) is 18.9. The minimum atomic E-state index is -0.263. The number of amides is 1. The maximum atomic E-state index is 13.4. The van der Waals surface area contributed by atoms with E-state index in [9.17, 15) is 14.4 Å². The Kier molecular flexibility index (Phi) is 8.31. The second-order valence-corrected chi connectivity index (χ2v) is 11.4. The molecule has 2 fully saturated rings. The quantitative estimate of drug-likeness (QED) is 0.281. The summed E-state index contributed by atoms with van der Waals surface area (Å²) in [5, 5.41) is 4.26. The summed E-state index contributed by atoms with van der Waals surface area (Å²) in [6, 6.07) is 9.31. The fourth-order valence-corrected chi connectivity index (χ4v) is 6.16. The van der Waals surface area contributed by atoms with Crippen LogP contribution in [0.5, 0.6) is 0 Å². The van der Waals surface area contributed by atoms with Gasteiger partial charge in [-0.2, -0.15) is 0 Å². The Bertz CT molecular complexity index is 1370. The fraction of sp³-hybridized carbons (Fsp3) is 0.548. The molecule has 3 N–H and O–H groups in total. The third-order valence-electron chi connectivity index (χ3n) is 8.93. The first kappa shape index (κ1) is 27.3. The predicted octanol–water partition coefficient (Wildman–Crippen LogP) is 5.13. The Morgan fingerprint density at radius 2 is 1.92 bits per heavy atom. The Labute approximate surface area is 230 Å². The van der Waals surface area contributed by atoms with Crippen molar-refractivity contribution in [2.24, 2.45) is 11.3 Å². The average Bonchev–Trinajstić information content (AvgIpc) is 3.42. The van der Waals surface area contributed by atoms with Crippen molar-refractivity contribution in [3.05, 3.63) is 52.7 Å². The van der Waals surface area contributed by atoms with Gasteiger partial charge in [0.15, 0.2) is 0 Å². The Balaban J connectivity index is 1.30. The molecule has 5 rings (SSSR count). The molecular formula is C31H41N5O3. The molecule has 0 bridgehead atoms. The van der Waals surface area contributed by atoms with Gasteiger partial charge in [-0.05, 0) is 74.7 Å². The maximum Gasteiger partial charge on any atom is 0.257 e. The fourth-order valence-electron chi connectivity index (χ4n) is 6.16. The summed E-state index contributed by atoms with van der Waals surface area (Å²) in [7, 11) is 0. The average molecular weight is 532 g/mol. The Hall–Kier alpha value is -3.26. The van der Waals surface area contributed by atoms with Crippen LogP contribution in [0.25, 0.3) is 22.2 Å². The number of nitrogens with zero attached hydrogens (tertiary/aromatic N) is 2. The van der Waals surface area contributed by atoms with Crippen LogP contribution in [0.2, 0.25) is 0 Å². The summed E-state index contributed by atoms with van der Waals surface area (Å²) >= 11 is 0. The first-order valence-electron chi connectivity index (χ1n) is 14.6. The molecule has 2 aliphatic rings. The number of H-pyrrole nitrogens is 2. The number of imidazole rings is 1. The molecule has 1 spiro atoms. The summed E-state index contributed by atoms with van der Waals surface area (Å²) in [5.41, 5.74) is 1.94. The number of benzene rings is 1. The second-order valence-electron chi connectivity index (χ2n) is 11.4. The van der Waals surface area contributed by atoms with Gasteiger partial charge in [-0.15, -0.1) is 0 Å². The number of rotatable bonds is 12. The van der Waals surface area contributed by atoms with E-state index in [1.54, 1.807) is 6.20 Å². The minimum absolute atomic E-state index is 0.0685. The van der Waals surface area contributed by atoms with E-state index in [1.807, 2.05) is 37.3 Å². The van der Waals surface area contributed by atoms with E-state index in [2.05, 4.69) is 32.1 Å². The van der Waals surface area contributed by atoms with Crippen LogP contribution in [0.3, 0.4) is 0 Å². The van der Waals surface area contributed by atoms with Gasteiger partial charge in [0.05, 0.1) is 23.5 Å². The van der Waals surface area contributed by atoms with Gasteiger partial charge in [-0.3, -0.25) is 14.4 Å². The number of fused-ring (bicyclic) bond motifs is 1. The van der Waals surface area contributed by atoms with E-state index in [0.29, 0.717) is 35.7 Å². The van der Waals surface area contributed by atoms with Crippen molar-refractivity contribution in [2.75, 3.05) is 19.6 Å². The lowest BCUT2D eigenvalue weighted by molar-refractivity contribution is -0.124. The number of nitrogens with one attached hydrogen (secondary N) is 3. The predicted molar refractivity (Wildman–Crippen MR) is 153 cm³/mol. The number of unbranched alkanes of at least 4 members (excludes halogenated alkanes) is 2. The smallest absolute Gasteiger partial charge is 0.257 e. The number of aromatic nitrogens is 3. The highest BCUT2D eigenvalue weighted by Crippen LogP contribution is 2.59. The molecule has 0 radical (unpaired) electrons. The molecule has 208 valence electrons. The van der Waals surface area contributed by atoms with Crippen LogP contribution in [0, 0.1) is 11.3 Å². The number of Topliss-reactive ketones (excluding diaryl/α,β-unsaturated/α-hetero) is 1. The molecular weight excluding hydrogens is 490 g/mol. The lowest BCUT2D eigenvalue weighted by Gasteiger charge is -2.32. The van der Waals surface area contributed by atoms with Crippen molar-refractivity contribution >= 4 is 22.6 Å². The van der Waals surface area contributed by atoms with Crippen LogP contribution < -0.4 is 10.9 Å². The van der Waals surface area contributed by atoms with Gasteiger partial charge in [0.25, 0.3) is 5.56 Å². The van der Waals surface area contributed by atoms with Gasteiger partial charge in [0, 0.05) is 24.3 Å². The molecule has 8 nitrogen and oxygen atoms in total. The topological polar surface area (TPSA) is 111 Å². The number of hydrogen-bond donors (Lipinski definition) is 3. The molecule has 2 aromatic heterocycles. The monoisotopic (exact) mass is 531 g/mol. The van der Waals surface area contributed by atoms with Crippen molar-refractivity contribution in [3.63, 3.8) is 0 Å². The van der Waals surface area contributed by atoms with E-state index >= 15 is 0 Å². The molecule has 1 amide bonds. The van der Waals surface area contributed by atoms with Crippen molar-refractivity contribution in [1.82, 2.24) is 25.2 Å². The number of carbonyl (C=O) groups is 2. The van der Waals surface area contributed by atoms with Crippen molar-refractivity contribution < 1.29 is 9.59 Å². The zero-order valence-corrected chi connectivity index (χ0v) is 23.2. The number of carbonyl (C=O) groups excluding carboxylic acids is 2. The van der Waals surface area contributed by atoms with Crippen LogP contribution >= 0.6 is 0 Å². The van der Waals surface area contributed by atoms with Crippen LogP contribution in [-0.4, -0.2) is 51.2 Å². The SMILES string of the molecule is CCC(=O)CCCCC[C@H](NC(=O)[C@@H]1CC12CCN(CC)CC2)c1ncc(-c2cc3ccccc3[nH]c2=O)[nH]1. The standard InChI is InChI=1S/C31H41N5O3/c1-3-22(37)11-6-5-7-13-26(35-30(39)24-19-31(24)14-16-36(4-2)17-15-31)28-32-20-27(33-28)23-18-21-10-8-9-12-25(21)34-29(23)38/h8-10,12,18,20,24,26H,3-7,11,13-17,19H2,1-2H3,(H,32,33)(H,34,38)(H,35,39)/t24-,26-/m0/s1. The highest BCUT2D eigenvalue weighted by atomic mass is 16.2. The largest absolute Gasteiger partial charge is 0.346 e. The first-order valence-corrected chi connectivity index (χ1v) is 14.6. The van der Waals surface area contributed by atoms with Crippen LogP contribution in [0.15, 0.2) is 41.3 Å². The van der Waals surface area contributed by atoms with Crippen molar-refractivity contribution in [3.8, 4) is 11.3 Å². The number of pyridine rings is 1. The molecule has 1 aromatic carbocycles. The highest BCUT2D eigenvalue weighted by Gasteiger charge is 2.58. The minimum Gasteiger partial charge on any atom is -0.346 e. The van der Waals surface area contributed by atoms with E-state index in [1.165, 1.54) is 0 Å². The third-order valence-corrected chi connectivity index (χ3v) is 8.93. The number of ketones is 1. The van der Waals surface area contributed by atoms with Gasteiger partial charge < -0.3 is 20.2 Å². The highest BCUT2D eigenvalue weighted by molar-refractivity contribution is 5.83. The molecule has 1 aliphatic carbocycles.